The first-order chi connectivity index (χ1) is 3.00. The summed E-state index contributed by atoms with van der Waals surface area (Å²) in [6.45, 7) is 1.75. The van der Waals surface area contributed by atoms with Gasteiger partial charge in [0, 0.05) is 0 Å². The Kier molecular flexibility index (Phi) is 1.89. The molecule has 2 nitrogen and oxygen atoms in total. The maximum Gasteiger partial charge on any atom is 0.175 e. The fourth-order valence-corrected chi connectivity index (χ4v) is 3.25. The number of hydrogen-bond donors (Lipinski definition) is 0. The smallest absolute Gasteiger partial charge is 0.175 e. The normalized spacial score (nSPS) is 32.0. The average Bonchev–Trinajstić information content (AvgIpc) is 1.72. The molecule has 0 atom stereocenters. The van der Waals surface area contributed by atoms with Crippen molar-refractivity contribution < 1.29 is 8.85 Å². The Hall–Kier alpha value is 0.354. The molecule has 0 amide bonds. The topological polar surface area (TPSA) is 18.5 Å². The van der Waals surface area contributed by atoms with Gasteiger partial charge in [-0.05, 0) is 0 Å². The summed E-state index contributed by atoms with van der Waals surface area (Å²) in [5, 5.41) is 0. The second-order valence-electron chi connectivity index (χ2n) is 1.22. The summed E-state index contributed by atoms with van der Waals surface area (Å²) >= 11 is 0. The van der Waals surface area contributed by atoms with Crippen LogP contribution in [-0.4, -0.2) is 31.8 Å². The summed E-state index contributed by atoms with van der Waals surface area (Å²) in [6, 6.07) is 0. The molecule has 1 fully saturated rings. The van der Waals surface area contributed by atoms with Crippen LogP contribution in [0.2, 0.25) is 0 Å². The molecule has 36 valence electrons. The predicted octanol–water partition coefficient (Wildman–Crippen LogP) is -1.88. The Morgan fingerprint density at radius 1 is 1.00 bits per heavy atom. The summed E-state index contributed by atoms with van der Waals surface area (Å²) in [5.74, 6) is 0. The molecule has 0 saturated carbocycles. The molecule has 1 aliphatic heterocycles. The molecule has 0 radical (unpaired) electrons. The molecule has 1 rings (SSSR count). The van der Waals surface area contributed by atoms with Crippen LogP contribution in [0.1, 0.15) is 0 Å². The minimum Gasteiger partial charge on any atom is -0.423 e. The van der Waals surface area contributed by atoms with Gasteiger partial charge >= 0.3 is 0 Å². The van der Waals surface area contributed by atoms with Gasteiger partial charge in [0.25, 0.3) is 0 Å². The van der Waals surface area contributed by atoms with Crippen molar-refractivity contribution in [3.63, 3.8) is 0 Å². The van der Waals surface area contributed by atoms with E-state index in [9.17, 15) is 0 Å². The van der Waals surface area contributed by atoms with Crippen molar-refractivity contribution in [1.29, 1.82) is 0 Å². The first-order valence-electron chi connectivity index (χ1n) is 2.15. The Morgan fingerprint density at radius 2 is 1.50 bits per heavy atom. The third kappa shape index (κ3) is 1.21. The summed E-state index contributed by atoms with van der Waals surface area (Å²) < 4.78 is 10.3. The predicted molar refractivity (Wildman–Crippen MR) is 29.0 cm³/mol. The van der Waals surface area contributed by atoms with Gasteiger partial charge < -0.3 is 8.85 Å². The Morgan fingerprint density at radius 3 is 1.67 bits per heavy atom. The van der Waals surface area contributed by atoms with E-state index in [4.69, 9.17) is 8.85 Å². The minimum absolute atomic E-state index is 0.0748. The quantitative estimate of drug-likeness (QED) is 0.348. The van der Waals surface area contributed by atoms with Crippen LogP contribution in [0.25, 0.3) is 0 Å². The van der Waals surface area contributed by atoms with Crippen LogP contribution in [0.15, 0.2) is 0 Å². The van der Waals surface area contributed by atoms with Crippen LogP contribution in [0.3, 0.4) is 0 Å². The molecule has 0 aromatic carbocycles. The zero-order chi connectivity index (χ0) is 4.24. The standard InChI is InChI=1S/C2H8O2Si2/c1-2-4-6-5-3-1/h1-2,5-6H2. The average molecular weight is 120 g/mol. The lowest BCUT2D eigenvalue weighted by Crippen LogP contribution is -2.23. The van der Waals surface area contributed by atoms with Gasteiger partial charge in [-0.15, -0.1) is 0 Å². The highest BCUT2D eigenvalue weighted by Gasteiger charge is 1.96. The lowest BCUT2D eigenvalue weighted by atomic mass is 10.8. The van der Waals surface area contributed by atoms with Gasteiger partial charge in [-0.2, -0.15) is 0 Å². The largest absolute Gasteiger partial charge is 0.423 e. The van der Waals surface area contributed by atoms with Crippen molar-refractivity contribution in [2.24, 2.45) is 0 Å². The zero-order valence-corrected chi connectivity index (χ0v) is 6.47. The maximum atomic E-state index is 5.15. The summed E-state index contributed by atoms with van der Waals surface area (Å²) in [5.41, 5.74) is 0. The van der Waals surface area contributed by atoms with Crippen LogP contribution in [-0.2, 0) is 8.85 Å². The molecule has 0 bridgehead atoms. The Bertz CT molecular complexity index is 25.0. The van der Waals surface area contributed by atoms with E-state index in [1.54, 1.807) is 0 Å². The third-order valence-electron chi connectivity index (χ3n) is 0.744. The van der Waals surface area contributed by atoms with Crippen LogP contribution in [0, 0.1) is 0 Å². The monoisotopic (exact) mass is 120 g/mol. The van der Waals surface area contributed by atoms with E-state index in [1.807, 2.05) is 0 Å². The summed E-state index contributed by atoms with van der Waals surface area (Å²) in [4.78, 5) is 0. The van der Waals surface area contributed by atoms with Gasteiger partial charge in [0.1, 0.15) is 0 Å². The van der Waals surface area contributed by atoms with E-state index < -0.39 is 0 Å². The number of rotatable bonds is 0. The molecular weight excluding hydrogens is 112 g/mol. The molecule has 0 unspecified atom stereocenters. The van der Waals surface area contributed by atoms with Crippen molar-refractivity contribution in [2.45, 2.75) is 0 Å². The maximum absolute atomic E-state index is 5.15. The van der Waals surface area contributed by atoms with Gasteiger partial charge in [-0.1, -0.05) is 0 Å². The Labute approximate surface area is 41.5 Å². The first kappa shape index (κ1) is 4.51. The lowest BCUT2D eigenvalue weighted by Gasteiger charge is -2.09. The molecule has 1 heterocycles. The second kappa shape index (κ2) is 2.51. The van der Waals surface area contributed by atoms with Crippen LogP contribution in [0.4, 0.5) is 0 Å². The molecule has 0 spiro atoms. The molecule has 1 aliphatic rings. The molecule has 4 heteroatoms. The van der Waals surface area contributed by atoms with Crippen molar-refractivity contribution >= 4 is 18.6 Å². The Balaban J connectivity index is 2.00. The van der Waals surface area contributed by atoms with Gasteiger partial charge in [0.05, 0.1) is 13.2 Å². The van der Waals surface area contributed by atoms with Crippen LogP contribution < -0.4 is 0 Å². The van der Waals surface area contributed by atoms with E-state index in [-0.39, 0.29) is 18.6 Å². The molecule has 6 heavy (non-hydrogen) atoms. The van der Waals surface area contributed by atoms with Crippen LogP contribution in [0.5, 0.6) is 0 Å². The van der Waals surface area contributed by atoms with E-state index in [1.165, 1.54) is 0 Å². The van der Waals surface area contributed by atoms with Crippen LogP contribution >= 0.6 is 0 Å². The van der Waals surface area contributed by atoms with Crippen molar-refractivity contribution in [3.8, 4) is 0 Å². The van der Waals surface area contributed by atoms with E-state index in [0.29, 0.717) is 0 Å². The second-order valence-corrected chi connectivity index (χ2v) is 5.31. The molecule has 0 aromatic rings. The fraction of sp³-hybridized carbons (Fsp3) is 1.00. The molecule has 0 aromatic heterocycles. The van der Waals surface area contributed by atoms with E-state index >= 15 is 0 Å². The number of hydrogen-bond acceptors (Lipinski definition) is 2. The molecule has 1 saturated heterocycles. The minimum atomic E-state index is -0.0748. The van der Waals surface area contributed by atoms with E-state index in [2.05, 4.69) is 0 Å². The molecule has 0 aliphatic carbocycles. The van der Waals surface area contributed by atoms with Crippen molar-refractivity contribution in [2.75, 3.05) is 13.2 Å². The summed E-state index contributed by atoms with van der Waals surface area (Å²) in [6.07, 6.45) is 0. The lowest BCUT2D eigenvalue weighted by molar-refractivity contribution is 0.215. The highest BCUT2D eigenvalue weighted by Crippen LogP contribution is 1.79. The van der Waals surface area contributed by atoms with Gasteiger partial charge in [-0.25, -0.2) is 0 Å². The molecular formula is C2H8O2Si2. The summed E-state index contributed by atoms with van der Waals surface area (Å²) in [7, 11) is -0.150. The highest BCUT2D eigenvalue weighted by molar-refractivity contribution is 6.94. The van der Waals surface area contributed by atoms with Crippen molar-refractivity contribution in [3.05, 3.63) is 0 Å². The third-order valence-corrected chi connectivity index (χ3v) is 4.30. The fourth-order valence-electron chi connectivity index (χ4n) is 0.440. The SMILES string of the molecule is C1CO[SiH2][SiH2]O1. The van der Waals surface area contributed by atoms with Gasteiger partial charge in [0.15, 0.2) is 18.6 Å². The highest BCUT2D eigenvalue weighted by atomic mass is 29.2. The molecule has 0 N–H and O–H groups in total. The van der Waals surface area contributed by atoms with Gasteiger partial charge in [-0.3, -0.25) is 0 Å². The zero-order valence-electron chi connectivity index (χ0n) is 3.64. The van der Waals surface area contributed by atoms with Crippen molar-refractivity contribution in [1.82, 2.24) is 0 Å². The van der Waals surface area contributed by atoms with E-state index in [0.717, 1.165) is 13.2 Å². The van der Waals surface area contributed by atoms with Gasteiger partial charge in [0.2, 0.25) is 0 Å². The first-order valence-corrected chi connectivity index (χ1v) is 7.31.